The van der Waals surface area contributed by atoms with Gasteiger partial charge in [0.15, 0.2) is 0 Å². The molecule has 2 fully saturated rings. The first-order valence-electron chi connectivity index (χ1n) is 13.6. The largest absolute Gasteiger partial charge is 0.0917 e. The Morgan fingerprint density at radius 3 is 2.19 bits per heavy atom. The quantitative estimate of drug-likeness (QED) is 0.275. The Hall–Kier alpha value is -1.82. The van der Waals surface area contributed by atoms with Gasteiger partial charge in [-0.1, -0.05) is 99.7 Å². The van der Waals surface area contributed by atoms with E-state index in [1.165, 1.54) is 80.9 Å². The smallest absolute Gasteiger partial charge is 0.0159 e. The normalized spacial score (nSPS) is 25.7. The van der Waals surface area contributed by atoms with Crippen LogP contribution in [0.4, 0.5) is 0 Å². The summed E-state index contributed by atoms with van der Waals surface area (Å²) in [7, 11) is 0. The van der Waals surface area contributed by atoms with E-state index in [9.17, 15) is 0 Å². The lowest BCUT2D eigenvalue weighted by Gasteiger charge is -2.42. The van der Waals surface area contributed by atoms with Gasteiger partial charge in [0.2, 0.25) is 0 Å². The van der Waals surface area contributed by atoms with Crippen molar-refractivity contribution in [2.75, 3.05) is 0 Å². The van der Waals surface area contributed by atoms with Gasteiger partial charge < -0.3 is 0 Å². The van der Waals surface area contributed by atoms with Gasteiger partial charge in [0.1, 0.15) is 0 Å². The third-order valence-corrected chi connectivity index (χ3v) is 8.44. The topological polar surface area (TPSA) is 0 Å². The molecule has 0 radical (unpaired) electrons. The van der Waals surface area contributed by atoms with E-state index in [2.05, 4.69) is 74.5 Å². The van der Waals surface area contributed by atoms with Crippen LogP contribution in [0.1, 0.15) is 102 Å². The molecule has 4 rings (SSSR count). The lowest BCUT2D eigenvalue weighted by atomic mass is 9.63. The van der Waals surface area contributed by atoms with Crippen LogP contribution in [0.5, 0.6) is 0 Å². The molecule has 4 atom stereocenters. The van der Waals surface area contributed by atoms with Gasteiger partial charge in [0.25, 0.3) is 0 Å². The lowest BCUT2D eigenvalue weighted by molar-refractivity contribution is 0.113. The molecule has 0 heterocycles. The molecule has 0 aliphatic heterocycles. The number of fused-ring (bicyclic) bond motifs is 1. The summed E-state index contributed by atoms with van der Waals surface area (Å²) in [6.45, 7) is 4.42. The summed E-state index contributed by atoms with van der Waals surface area (Å²) in [5.74, 6) is 3.84. The molecule has 2 saturated carbocycles. The minimum atomic E-state index is 0.788. The highest BCUT2D eigenvalue weighted by Crippen LogP contribution is 2.48. The predicted octanol–water partition coefficient (Wildman–Crippen LogP) is 9.74. The molecular formula is C32H44. The monoisotopic (exact) mass is 428 g/mol. The van der Waals surface area contributed by atoms with Crippen molar-refractivity contribution in [1.82, 2.24) is 0 Å². The van der Waals surface area contributed by atoms with E-state index in [1.807, 2.05) is 0 Å². The van der Waals surface area contributed by atoms with E-state index in [0.29, 0.717) is 0 Å². The summed E-state index contributed by atoms with van der Waals surface area (Å²) >= 11 is 0. The van der Waals surface area contributed by atoms with Gasteiger partial charge in [-0.25, -0.2) is 0 Å². The average Bonchev–Trinajstić information content (AvgIpc) is 2.85. The van der Waals surface area contributed by atoms with Gasteiger partial charge in [-0.05, 0) is 97.8 Å². The van der Waals surface area contributed by atoms with Crippen molar-refractivity contribution in [2.24, 2.45) is 17.8 Å². The molecule has 0 N–H and O–H groups in total. The predicted molar refractivity (Wildman–Crippen MR) is 140 cm³/mol. The van der Waals surface area contributed by atoms with Crippen LogP contribution < -0.4 is 0 Å². The molecular weight excluding hydrogens is 384 g/mol. The minimum Gasteiger partial charge on any atom is -0.0917 e. The molecule has 0 bridgehead atoms. The van der Waals surface area contributed by atoms with Crippen molar-refractivity contribution in [1.29, 1.82) is 0 Å². The number of benzene rings is 2. The number of aryl methyl sites for hydroxylation is 1. The maximum atomic E-state index is 2.43. The van der Waals surface area contributed by atoms with Crippen LogP contribution >= 0.6 is 0 Å². The summed E-state index contributed by atoms with van der Waals surface area (Å²) < 4.78 is 0. The van der Waals surface area contributed by atoms with Gasteiger partial charge in [0, 0.05) is 0 Å². The second-order valence-corrected chi connectivity index (χ2v) is 10.6. The fourth-order valence-corrected chi connectivity index (χ4v) is 6.46. The van der Waals surface area contributed by atoms with E-state index in [1.54, 1.807) is 5.56 Å². The molecule has 0 saturated heterocycles. The number of allylic oxidation sites excluding steroid dienone is 2. The van der Waals surface area contributed by atoms with Crippen molar-refractivity contribution in [2.45, 2.75) is 96.8 Å². The van der Waals surface area contributed by atoms with Crippen molar-refractivity contribution in [3.05, 3.63) is 71.8 Å². The second-order valence-electron chi connectivity index (χ2n) is 10.6. The standard InChI is InChI=1S/C32H44/c1-3-5-7-9-25-11-14-27(15-12-25)28-17-19-29(20-18-28)31-22-21-30-23-26(10-8-6-4-2)13-16-32(30)24-31/h3,5,11-12,14-15,17-20,26,30-32H,4,6-10,13,16,21-24H2,1-2H3. The number of hydrogen-bond acceptors (Lipinski definition) is 0. The van der Waals surface area contributed by atoms with Crippen molar-refractivity contribution < 1.29 is 0 Å². The highest BCUT2D eigenvalue weighted by molar-refractivity contribution is 5.64. The van der Waals surface area contributed by atoms with Gasteiger partial charge in [0.05, 0.1) is 0 Å². The van der Waals surface area contributed by atoms with Crippen LogP contribution in [0.3, 0.4) is 0 Å². The van der Waals surface area contributed by atoms with Crippen LogP contribution in [-0.4, -0.2) is 0 Å². The fraction of sp³-hybridized carbons (Fsp3) is 0.562. The summed E-state index contributed by atoms with van der Waals surface area (Å²) in [5.41, 5.74) is 5.71. The molecule has 0 aromatic heterocycles. The fourth-order valence-electron chi connectivity index (χ4n) is 6.46. The molecule has 2 aliphatic rings. The molecule has 4 unspecified atom stereocenters. The Morgan fingerprint density at radius 2 is 1.47 bits per heavy atom. The first-order chi connectivity index (χ1) is 15.8. The summed E-state index contributed by atoms with van der Waals surface area (Å²) in [5, 5.41) is 0. The lowest BCUT2D eigenvalue weighted by Crippen LogP contribution is -2.30. The Bertz CT molecular complexity index is 825. The Morgan fingerprint density at radius 1 is 0.781 bits per heavy atom. The van der Waals surface area contributed by atoms with Crippen molar-refractivity contribution in [3.8, 4) is 11.1 Å². The first-order valence-corrected chi connectivity index (χ1v) is 13.6. The molecule has 172 valence electrons. The summed E-state index contributed by atoms with van der Waals surface area (Å²) in [6, 6.07) is 18.8. The maximum absolute atomic E-state index is 2.43. The van der Waals surface area contributed by atoms with Crippen molar-refractivity contribution in [3.63, 3.8) is 0 Å². The van der Waals surface area contributed by atoms with Crippen LogP contribution in [-0.2, 0) is 6.42 Å². The van der Waals surface area contributed by atoms with Gasteiger partial charge in [-0.15, -0.1) is 0 Å². The van der Waals surface area contributed by atoms with E-state index >= 15 is 0 Å². The molecule has 0 spiro atoms. The van der Waals surface area contributed by atoms with Crippen LogP contribution in [0.15, 0.2) is 60.7 Å². The van der Waals surface area contributed by atoms with Crippen LogP contribution in [0, 0.1) is 17.8 Å². The SMILES string of the molecule is CC=CCCc1ccc(-c2ccc(C3CCC4CC(CCCCC)CCC4C3)cc2)cc1. The Labute approximate surface area is 197 Å². The summed E-state index contributed by atoms with van der Waals surface area (Å²) in [6.07, 6.45) is 21.3. The van der Waals surface area contributed by atoms with E-state index in [-0.39, 0.29) is 0 Å². The molecule has 2 aromatic carbocycles. The molecule has 0 amide bonds. The van der Waals surface area contributed by atoms with E-state index in [4.69, 9.17) is 0 Å². The van der Waals surface area contributed by atoms with Gasteiger partial charge in [-0.3, -0.25) is 0 Å². The average molecular weight is 429 g/mol. The minimum absolute atomic E-state index is 0.788. The summed E-state index contributed by atoms with van der Waals surface area (Å²) in [4.78, 5) is 0. The first kappa shape index (κ1) is 23.3. The molecule has 32 heavy (non-hydrogen) atoms. The highest BCUT2D eigenvalue weighted by atomic mass is 14.4. The second kappa shape index (κ2) is 11.9. The Balaban J connectivity index is 1.30. The number of rotatable bonds is 9. The zero-order chi connectivity index (χ0) is 22.2. The third-order valence-electron chi connectivity index (χ3n) is 8.44. The highest BCUT2D eigenvalue weighted by Gasteiger charge is 2.35. The molecule has 2 aliphatic carbocycles. The molecule has 0 nitrogen and oxygen atoms in total. The van der Waals surface area contributed by atoms with Crippen LogP contribution in [0.25, 0.3) is 11.1 Å². The molecule has 2 aromatic rings. The van der Waals surface area contributed by atoms with Gasteiger partial charge in [-0.2, -0.15) is 0 Å². The zero-order valence-corrected chi connectivity index (χ0v) is 20.6. The number of hydrogen-bond donors (Lipinski definition) is 0. The van der Waals surface area contributed by atoms with Gasteiger partial charge >= 0.3 is 0 Å². The maximum Gasteiger partial charge on any atom is -0.0159 e. The van der Waals surface area contributed by atoms with Crippen molar-refractivity contribution >= 4 is 0 Å². The number of unbranched alkanes of at least 4 members (excludes halogenated alkanes) is 2. The Kier molecular flexibility index (Phi) is 8.66. The molecule has 0 heteroatoms. The third kappa shape index (κ3) is 6.15. The van der Waals surface area contributed by atoms with E-state index < -0.39 is 0 Å². The van der Waals surface area contributed by atoms with Crippen LogP contribution in [0.2, 0.25) is 0 Å². The zero-order valence-electron chi connectivity index (χ0n) is 20.6. The van der Waals surface area contributed by atoms with E-state index in [0.717, 1.165) is 36.5 Å².